The maximum absolute atomic E-state index is 12.0. The van der Waals surface area contributed by atoms with Gasteiger partial charge in [0.15, 0.2) is 0 Å². The number of hydrogen-bond donors (Lipinski definition) is 1. The molecular weight excluding hydrogens is 262 g/mol. The van der Waals surface area contributed by atoms with E-state index in [0.29, 0.717) is 17.1 Å². The van der Waals surface area contributed by atoms with E-state index in [9.17, 15) is 4.79 Å². The summed E-state index contributed by atoms with van der Waals surface area (Å²) in [5.41, 5.74) is 2.59. The fourth-order valence-corrected chi connectivity index (χ4v) is 2.02. The number of amides is 1. The van der Waals surface area contributed by atoms with Gasteiger partial charge in [0.1, 0.15) is 0 Å². The van der Waals surface area contributed by atoms with Gasteiger partial charge in [-0.05, 0) is 26.0 Å². The van der Waals surface area contributed by atoms with Crippen molar-refractivity contribution in [2.24, 2.45) is 0 Å². The third-order valence-electron chi connectivity index (χ3n) is 2.93. The Hall–Kier alpha value is -1.81. The topological polar surface area (TPSA) is 46.9 Å². The molecule has 0 spiro atoms. The molecule has 0 saturated heterocycles. The smallest absolute Gasteiger partial charge is 0.251 e. The Balaban J connectivity index is 2.04. The summed E-state index contributed by atoms with van der Waals surface area (Å²) in [4.78, 5) is 12.0. The number of benzene rings is 1. The molecule has 0 aliphatic heterocycles. The van der Waals surface area contributed by atoms with Crippen LogP contribution in [0.3, 0.4) is 0 Å². The molecule has 1 aromatic heterocycles. The molecular formula is C14H16ClN3O. The minimum Gasteiger partial charge on any atom is -0.346 e. The predicted octanol–water partition coefficient (Wildman–Crippen LogP) is 2.79. The van der Waals surface area contributed by atoms with Gasteiger partial charge in [0.05, 0.1) is 23.5 Å². The maximum atomic E-state index is 12.0. The van der Waals surface area contributed by atoms with Crippen molar-refractivity contribution in [3.8, 4) is 0 Å². The monoisotopic (exact) mass is 277 g/mol. The molecule has 0 bridgehead atoms. The summed E-state index contributed by atoms with van der Waals surface area (Å²) in [5.74, 6) is -0.111. The molecule has 0 aliphatic carbocycles. The molecule has 100 valence electrons. The highest BCUT2D eigenvalue weighted by Gasteiger charge is 2.10. The van der Waals surface area contributed by atoms with Crippen LogP contribution in [0.1, 0.15) is 28.5 Å². The Bertz CT molecular complexity index is 575. The highest BCUT2D eigenvalue weighted by Crippen LogP contribution is 2.14. The zero-order valence-corrected chi connectivity index (χ0v) is 11.7. The first-order valence-corrected chi connectivity index (χ1v) is 6.54. The molecule has 4 nitrogen and oxygen atoms in total. The molecule has 0 unspecified atom stereocenters. The van der Waals surface area contributed by atoms with Gasteiger partial charge in [0.25, 0.3) is 5.91 Å². The Morgan fingerprint density at radius 2 is 2.05 bits per heavy atom. The standard InChI is InChI=1S/C14H16ClN3O/c1-3-18-13(12(15)8-17-18)9-16-14(19)11-6-4-10(2)5-7-11/h4-8H,3,9H2,1-2H3,(H,16,19). The van der Waals surface area contributed by atoms with Crippen LogP contribution in [0, 0.1) is 6.92 Å². The summed E-state index contributed by atoms with van der Waals surface area (Å²) in [5, 5.41) is 7.56. The van der Waals surface area contributed by atoms with Crippen molar-refractivity contribution in [2.75, 3.05) is 0 Å². The van der Waals surface area contributed by atoms with Gasteiger partial charge in [-0.1, -0.05) is 29.3 Å². The van der Waals surface area contributed by atoms with E-state index >= 15 is 0 Å². The molecule has 2 aromatic rings. The van der Waals surface area contributed by atoms with Crippen molar-refractivity contribution in [1.29, 1.82) is 0 Å². The number of carbonyl (C=O) groups is 1. The molecule has 1 amide bonds. The van der Waals surface area contributed by atoms with Crippen molar-refractivity contribution in [1.82, 2.24) is 15.1 Å². The van der Waals surface area contributed by atoms with Crippen LogP contribution in [-0.4, -0.2) is 15.7 Å². The molecule has 1 aromatic carbocycles. The molecule has 0 fully saturated rings. The Kier molecular flexibility index (Phi) is 4.22. The highest BCUT2D eigenvalue weighted by atomic mass is 35.5. The van der Waals surface area contributed by atoms with Crippen molar-refractivity contribution in [3.63, 3.8) is 0 Å². The lowest BCUT2D eigenvalue weighted by atomic mass is 10.1. The van der Waals surface area contributed by atoms with Crippen LogP contribution in [0.5, 0.6) is 0 Å². The molecule has 0 atom stereocenters. The van der Waals surface area contributed by atoms with Gasteiger partial charge in [0, 0.05) is 12.1 Å². The van der Waals surface area contributed by atoms with Gasteiger partial charge in [-0.3, -0.25) is 9.48 Å². The van der Waals surface area contributed by atoms with E-state index in [4.69, 9.17) is 11.6 Å². The van der Waals surface area contributed by atoms with Crippen LogP contribution in [0.15, 0.2) is 30.5 Å². The molecule has 19 heavy (non-hydrogen) atoms. The number of rotatable bonds is 4. The average molecular weight is 278 g/mol. The summed E-state index contributed by atoms with van der Waals surface area (Å²) < 4.78 is 1.78. The quantitative estimate of drug-likeness (QED) is 0.934. The normalized spacial score (nSPS) is 10.5. The molecule has 2 rings (SSSR count). The van der Waals surface area contributed by atoms with Crippen LogP contribution in [0.25, 0.3) is 0 Å². The van der Waals surface area contributed by atoms with Crippen molar-refractivity contribution >= 4 is 17.5 Å². The number of halogens is 1. The minimum atomic E-state index is -0.111. The summed E-state index contributed by atoms with van der Waals surface area (Å²) in [7, 11) is 0. The number of aromatic nitrogens is 2. The van der Waals surface area contributed by atoms with Gasteiger partial charge in [0.2, 0.25) is 0 Å². The van der Waals surface area contributed by atoms with Gasteiger partial charge < -0.3 is 5.32 Å². The Morgan fingerprint density at radius 3 is 2.68 bits per heavy atom. The first-order valence-electron chi connectivity index (χ1n) is 6.17. The lowest BCUT2D eigenvalue weighted by Gasteiger charge is -2.08. The number of hydrogen-bond acceptors (Lipinski definition) is 2. The molecule has 0 aliphatic rings. The van der Waals surface area contributed by atoms with Crippen molar-refractivity contribution in [2.45, 2.75) is 26.9 Å². The summed E-state index contributed by atoms with van der Waals surface area (Å²) in [6.07, 6.45) is 1.60. The summed E-state index contributed by atoms with van der Waals surface area (Å²) in [6.45, 7) is 5.07. The number of nitrogens with one attached hydrogen (secondary N) is 1. The number of carbonyl (C=O) groups excluding carboxylic acids is 1. The fourth-order valence-electron chi connectivity index (χ4n) is 1.81. The minimum absolute atomic E-state index is 0.111. The summed E-state index contributed by atoms with van der Waals surface area (Å²) >= 11 is 6.04. The second kappa shape index (κ2) is 5.89. The van der Waals surface area contributed by atoms with Crippen LogP contribution in [-0.2, 0) is 13.1 Å². The maximum Gasteiger partial charge on any atom is 0.251 e. The van der Waals surface area contributed by atoms with Gasteiger partial charge in [-0.2, -0.15) is 5.10 Å². The molecule has 5 heteroatoms. The van der Waals surface area contributed by atoms with E-state index < -0.39 is 0 Å². The van der Waals surface area contributed by atoms with Crippen molar-refractivity contribution in [3.05, 3.63) is 52.3 Å². The zero-order valence-electron chi connectivity index (χ0n) is 11.0. The zero-order chi connectivity index (χ0) is 13.8. The van der Waals surface area contributed by atoms with Crippen LogP contribution >= 0.6 is 11.6 Å². The molecule has 0 radical (unpaired) electrons. The Labute approximate surface area is 117 Å². The van der Waals surface area contributed by atoms with Gasteiger partial charge in [-0.25, -0.2) is 0 Å². The van der Waals surface area contributed by atoms with Gasteiger partial charge >= 0.3 is 0 Å². The largest absolute Gasteiger partial charge is 0.346 e. The highest BCUT2D eigenvalue weighted by molar-refractivity contribution is 6.31. The van der Waals surface area contributed by atoms with E-state index in [0.717, 1.165) is 17.8 Å². The SMILES string of the molecule is CCn1ncc(Cl)c1CNC(=O)c1ccc(C)cc1. The van der Waals surface area contributed by atoms with Crippen LogP contribution in [0.2, 0.25) is 5.02 Å². The molecule has 1 heterocycles. The summed E-state index contributed by atoms with van der Waals surface area (Å²) in [6, 6.07) is 7.45. The first-order chi connectivity index (χ1) is 9.11. The fraction of sp³-hybridized carbons (Fsp3) is 0.286. The third-order valence-corrected chi connectivity index (χ3v) is 3.24. The van der Waals surface area contributed by atoms with Crippen LogP contribution in [0.4, 0.5) is 0 Å². The third kappa shape index (κ3) is 3.15. The van der Waals surface area contributed by atoms with E-state index in [1.165, 1.54) is 0 Å². The van der Waals surface area contributed by atoms with Crippen molar-refractivity contribution < 1.29 is 4.79 Å². The lowest BCUT2D eigenvalue weighted by Crippen LogP contribution is -2.24. The van der Waals surface area contributed by atoms with E-state index in [1.807, 2.05) is 38.1 Å². The average Bonchev–Trinajstić information content (AvgIpc) is 2.77. The number of aryl methyl sites for hydroxylation is 2. The van der Waals surface area contributed by atoms with Crippen LogP contribution < -0.4 is 5.32 Å². The van der Waals surface area contributed by atoms with E-state index in [1.54, 1.807) is 10.9 Å². The Morgan fingerprint density at radius 1 is 1.37 bits per heavy atom. The van der Waals surface area contributed by atoms with E-state index in [2.05, 4.69) is 10.4 Å². The predicted molar refractivity (Wildman–Crippen MR) is 75.3 cm³/mol. The van der Waals surface area contributed by atoms with Gasteiger partial charge in [-0.15, -0.1) is 0 Å². The second-order valence-electron chi connectivity index (χ2n) is 4.30. The molecule has 1 N–H and O–H groups in total. The lowest BCUT2D eigenvalue weighted by molar-refractivity contribution is 0.0950. The second-order valence-corrected chi connectivity index (χ2v) is 4.71. The first kappa shape index (κ1) is 13.6. The molecule has 0 saturated carbocycles. The number of nitrogens with zero attached hydrogens (tertiary/aromatic N) is 2. The van der Waals surface area contributed by atoms with E-state index in [-0.39, 0.29) is 5.91 Å².